The van der Waals surface area contributed by atoms with Crippen LogP contribution in [0.2, 0.25) is 0 Å². The lowest BCUT2D eigenvalue weighted by atomic mass is 9.71. The number of hydrogen-bond acceptors (Lipinski definition) is 4. The van der Waals surface area contributed by atoms with Gasteiger partial charge in [0.15, 0.2) is 5.60 Å². The van der Waals surface area contributed by atoms with E-state index in [0.717, 1.165) is 21.9 Å². The van der Waals surface area contributed by atoms with E-state index in [0.29, 0.717) is 11.3 Å². The van der Waals surface area contributed by atoms with Crippen molar-refractivity contribution in [1.29, 1.82) is 0 Å². The summed E-state index contributed by atoms with van der Waals surface area (Å²) < 4.78 is 12.2. The van der Waals surface area contributed by atoms with Crippen molar-refractivity contribution < 1.29 is 19.4 Å². The fraction of sp³-hybridized carbons (Fsp3) is 0.207. The Labute approximate surface area is 193 Å². The predicted molar refractivity (Wildman–Crippen MR) is 128 cm³/mol. The smallest absolute Gasteiger partial charge is 0.309 e. The third kappa shape index (κ3) is 3.66. The van der Waals surface area contributed by atoms with E-state index in [1.165, 1.54) is 0 Å². The molecular formula is C29H26O4. The Hall–Kier alpha value is -3.63. The second kappa shape index (κ2) is 8.38. The van der Waals surface area contributed by atoms with Crippen LogP contribution in [0.1, 0.15) is 36.5 Å². The van der Waals surface area contributed by atoms with Crippen LogP contribution in [-0.4, -0.2) is 17.7 Å². The molecule has 4 nitrogen and oxygen atoms in total. The van der Waals surface area contributed by atoms with Gasteiger partial charge in [0.05, 0.1) is 13.0 Å². The summed E-state index contributed by atoms with van der Waals surface area (Å²) in [5.74, 6) is 0.162. The van der Waals surface area contributed by atoms with Gasteiger partial charge < -0.3 is 14.6 Å². The molecule has 166 valence electrons. The van der Waals surface area contributed by atoms with Crippen LogP contribution in [0.25, 0.3) is 10.8 Å². The average Bonchev–Trinajstić information content (AvgIpc) is 2.85. The summed E-state index contributed by atoms with van der Waals surface area (Å²) in [4.78, 5) is 12.7. The highest BCUT2D eigenvalue weighted by atomic mass is 16.5. The Balaban J connectivity index is 1.79. The summed E-state index contributed by atoms with van der Waals surface area (Å²) in [5, 5.41) is 14.1. The number of ether oxygens (including phenoxy) is 2. The van der Waals surface area contributed by atoms with Crippen LogP contribution in [0.4, 0.5) is 0 Å². The topological polar surface area (TPSA) is 55.8 Å². The highest BCUT2D eigenvalue weighted by molar-refractivity contribution is 5.90. The van der Waals surface area contributed by atoms with E-state index < -0.39 is 17.2 Å². The molecule has 0 bridgehead atoms. The molecule has 0 amide bonds. The van der Waals surface area contributed by atoms with Gasteiger partial charge in [0.2, 0.25) is 0 Å². The zero-order valence-electron chi connectivity index (χ0n) is 18.5. The molecule has 5 rings (SSSR count). The van der Waals surface area contributed by atoms with Crippen LogP contribution in [0, 0.1) is 0 Å². The molecule has 0 aromatic heterocycles. The molecule has 0 fully saturated rings. The molecule has 0 saturated carbocycles. The van der Waals surface area contributed by atoms with Crippen molar-refractivity contribution in [3.05, 3.63) is 114 Å². The van der Waals surface area contributed by atoms with Crippen molar-refractivity contribution in [3.63, 3.8) is 0 Å². The third-order valence-corrected chi connectivity index (χ3v) is 6.42. The second-order valence-corrected chi connectivity index (χ2v) is 8.51. The van der Waals surface area contributed by atoms with Gasteiger partial charge >= 0.3 is 5.97 Å². The highest BCUT2D eigenvalue weighted by Crippen LogP contribution is 2.54. The minimum atomic E-state index is -1.48. The monoisotopic (exact) mass is 438 g/mol. The van der Waals surface area contributed by atoms with E-state index >= 15 is 0 Å². The van der Waals surface area contributed by atoms with E-state index in [9.17, 15) is 9.90 Å². The van der Waals surface area contributed by atoms with Crippen LogP contribution in [0.5, 0.6) is 5.75 Å². The molecule has 1 N–H and O–H groups in total. The van der Waals surface area contributed by atoms with Gasteiger partial charge in [0.1, 0.15) is 11.4 Å². The molecule has 0 saturated heterocycles. The zero-order valence-corrected chi connectivity index (χ0v) is 18.5. The molecule has 4 aromatic rings. The van der Waals surface area contributed by atoms with Crippen LogP contribution in [0.15, 0.2) is 97.1 Å². The van der Waals surface area contributed by atoms with Gasteiger partial charge in [-0.1, -0.05) is 97.1 Å². The van der Waals surface area contributed by atoms with E-state index in [2.05, 4.69) is 0 Å². The van der Waals surface area contributed by atoms with E-state index in [1.807, 2.05) is 97.1 Å². The normalized spacial score (nSPS) is 18.8. The molecule has 4 heteroatoms. The summed E-state index contributed by atoms with van der Waals surface area (Å²) >= 11 is 0. The van der Waals surface area contributed by atoms with Gasteiger partial charge in [-0.2, -0.15) is 0 Å². The van der Waals surface area contributed by atoms with Gasteiger partial charge in [-0.25, -0.2) is 0 Å². The number of fused-ring (bicyclic) bond motifs is 3. The molecule has 1 aliphatic rings. The van der Waals surface area contributed by atoms with Gasteiger partial charge in [-0.05, 0) is 12.3 Å². The first-order valence-corrected chi connectivity index (χ1v) is 11.3. The minimum absolute atomic E-state index is 0.156. The Kier molecular flexibility index (Phi) is 5.39. The van der Waals surface area contributed by atoms with E-state index in [-0.39, 0.29) is 19.4 Å². The van der Waals surface area contributed by atoms with Gasteiger partial charge in [0.25, 0.3) is 0 Å². The Morgan fingerprint density at radius 2 is 1.48 bits per heavy atom. The minimum Gasteiger partial charge on any atom is -0.477 e. The number of hydrogen-bond donors (Lipinski definition) is 1. The molecular weight excluding hydrogens is 412 g/mol. The maximum Gasteiger partial charge on any atom is 0.309 e. The second-order valence-electron chi connectivity index (χ2n) is 8.51. The van der Waals surface area contributed by atoms with Crippen LogP contribution < -0.4 is 4.74 Å². The summed E-state index contributed by atoms with van der Waals surface area (Å²) in [7, 11) is 0. The Morgan fingerprint density at radius 3 is 2.12 bits per heavy atom. The average molecular weight is 439 g/mol. The van der Waals surface area contributed by atoms with Gasteiger partial charge in [-0.3, -0.25) is 4.79 Å². The third-order valence-electron chi connectivity index (χ3n) is 6.42. The number of rotatable bonds is 5. The van der Waals surface area contributed by atoms with Crippen molar-refractivity contribution in [3.8, 4) is 5.75 Å². The molecule has 1 unspecified atom stereocenters. The lowest BCUT2D eigenvalue weighted by molar-refractivity contribution is -0.153. The van der Waals surface area contributed by atoms with Gasteiger partial charge in [-0.15, -0.1) is 0 Å². The van der Waals surface area contributed by atoms with Crippen molar-refractivity contribution in [1.82, 2.24) is 0 Å². The Bertz CT molecular complexity index is 1240. The SMILES string of the molecule is CCOC(=O)CC1(O)CC(c2ccccc2)(c2ccccc2)Oc2c1ccc1ccccc21. The van der Waals surface area contributed by atoms with Crippen molar-refractivity contribution in [2.75, 3.05) is 6.61 Å². The van der Waals surface area contributed by atoms with Crippen LogP contribution in [-0.2, 0) is 20.7 Å². The number of esters is 1. The fourth-order valence-corrected chi connectivity index (χ4v) is 4.95. The number of carbonyl (C=O) groups is 1. The molecule has 1 atom stereocenters. The maximum atomic E-state index is 12.7. The zero-order chi connectivity index (χ0) is 22.9. The molecule has 33 heavy (non-hydrogen) atoms. The van der Waals surface area contributed by atoms with E-state index in [1.54, 1.807) is 6.92 Å². The predicted octanol–water partition coefficient (Wildman–Crippen LogP) is 5.71. The number of aliphatic hydroxyl groups is 1. The molecule has 1 heterocycles. The number of carbonyl (C=O) groups excluding carboxylic acids is 1. The fourth-order valence-electron chi connectivity index (χ4n) is 4.95. The summed E-state index contributed by atoms with van der Waals surface area (Å²) in [6.45, 7) is 2.03. The van der Waals surface area contributed by atoms with Crippen LogP contribution in [0.3, 0.4) is 0 Å². The summed E-state index contributed by atoms with van der Waals surface area (Å²) in [5.41, 5.74) is -0.0259. The first-order valence-electron chi connectivity index (χ1n) is 11.3. The lowest BCUT2D eigenvalue weighted by Gasteiger charge is -2.47. The van der Waals surface area contributed by atoms with Crippen molar-refractivity contribution in [2.24, 2.45) is 0 Å². The summed E-state index contributed by atoms with van der Waals surface area (Å²) in [6.07, 6.45) is 0.0230. The van der Waals surface area contributed by atoms with Crippen LogP contribution >= 0.6 is 0 Å². The highest BCUT2D eigenvalue weighted by Gasteiger charge is 2.52. The largest absolute Gasteiger partial charge is 0.477 e. The van der Waals surface area contributed by atoms with Crippen molar-refractivity contribution in [2.45, 2.75) is 31.0 Å². The van der Waals surface area contributed by atoms with E-state index in [4.69, 9.17) is 9.47 Å². The molecule has 0 aliphatic carbocycles. The molecule has 0 radical (unpaired) electrons. The maximum absolute atomic E-state index is 12.7. The first-order chi connectivity index (χ1) is 16.1. The molecule has 4 aromatic carbocycles. The molecule has 1 aliphatic heterocycles. The quantitative estimate of drug-likeness (QED) is 0.406. The first kappa shape index (κ1) is 21.2. The molecule has 0 spiro atoms. The lowest BCUT2D eigenvalue weighted by Crippen LogP contribution is -2.48. The van der Waals surface area contributed by atoms with Gasteiger partial charge in [0, 0.05) is 28.5 Å². The van der Waals surface area contributed by atoms with Crippen molar-refractivity contribution >= 4 is 16.7 Å². The number of benzene rings is 4. The summed E-state index contributed by atoms with van der Waals surface area (Å²) in [6, 6.07) is 31.6. The Morgan fingerprint density at radius 1 is 0.879 bits per heavy atom. The standard InChI is InChI=1S/C29H26O4/c1-2-32-26(30)19-28(31)20-29(22-12-5-3-6-13-22,23-14-7-4-8-15-23)33-27-24-16-10-9-11-21(24)17-18-25(27)28/h3-18,31H,2,19-20H2,1H3.